The van der Waals surface area contributed by atoms with Crippen LogP contribution in [0.1, 0.15) is 0 Å². The normalized spacial score (nSPS) is 13.8. The van der Waals surface area contributed by atoms with E-state index in [2.05, 4.69) is 4.98 Å². The molecule has 1 aliphatic heterocycles. The van der Waals surface area contributed by atoms with Crippen molar-refractivity contribution in [1.29, 1.82) is 0 Å². The lowest BCUT2D eigenvalue weighted by atomic mass is 10.2. The lowest BCUT2D eigenvalue weighted by molar-refractivity contribution is -0.118. The number of carbonyl (C=O) groups excluding carboxylic acids is 1. The number of nitrogens with two attached hydrogens (primary N) is 2. The maximum atomic E-state index is 11.0. The highest BCUT2D eigenvalue weighted by molar-refractivity contribution is 5.85. The van der Waals surface area contributed by atoms with Crippen molar-refractivity contribution in [2.45, 2.75) is 6.54 Å². The molecule has 94 valence electrons. The van der Waals surface area contributed by atoms with Gasteiger partial charge in [0, 0.05) is 12.1 Å². The molecule has 18 heavy (non-hydrogen) atoms. The first-order valence-corrected chi connectivity index (χ1v) is 5.49. The molecule has 0 spiro atoms. The monoisotopic (exact) mass is 248 g/mol. The smallest absolute Gasteiger partial charge is 0.237 e. The predicted molar refractivity (Wildman–Crippen MR) is 64.3 cm³/mol. The molecular weight excluding hydrogens is 236 g/mol. The van der Waals surface area contributed by atoms with Crippen LogP contribution in [0.3, 0.4) is 0 Å². The zero-order valence-corrected chi connectivity index (χ0v) is 9.55. The van der Waals surface area contributed by atoms with Gasteiger partial charge in [-0.1, -0.05) is 0 Å². The molecule has 0 radical (unpaired) electrons. The van der Waals surface area contributed by atoms with Gasteiger partial charge in [-0.25, -0.2) is 4.98 Å². The molecule has 0 atom stereocenters. The fourth-order valence-corrected chi connectivity index (χ4v) is 2.00. The van der Waals surface area contributed by atoms with Crippen molar-refractivity contribution in [3.8, 4) is 11.5 Å². The molecule has 3 rings (SSSR count). The van der Waals surface area contributed by atoms with Crippen LogP contribution < -0.4 is 20.9 Å². The highest BCUT2D eigenvalue weighted by atomic mass is 16.6. The summed E-state index contributed by atoms with van der Waals surface area (Å²) >= 11 is 0. The summed E-state index contributed by atoms with van der Waals surface area (Å²) in [4.78, 5) is 15.2. The fourth-order valence-electron chi connectivity index (χ4n) is 2.00. The molecule has 0 unspecified atom stereocenters. The van der Waals surface area contributed by atoms with Gasteiger partial charge in [-0.05, 0) is 0 Å². The number of anilines is 1. The Balaban J connectivity index is 2.18. The highest BCUT2D eigenvalue weighted by Crippen LogP contribution is 2.35. The van der Waals surface area contributed by atoms with Crippen LogP contribution in [0.5, 0.6) is 11.5 Å². The summed E-state index contributed by atoms with van der Waals surface area (Å²) in [5, 5.41) is 0. The Bertz CT molecular complexity index is 635. The second-order valence-corrected chi connectivity index (χ2v) is 4.01. The largest absolute Gasteiger partial charge is 0.486 e. The van der Waals surface area contributed by atoms with E-state index in [1.807, 2.05) is 0 Å². The van der Waals surface area contributed by atoms with E-state index in [0.717, 1.165) is 0 Å². The standard InChI is InChI=1S/C11H12N4O3/c12-10(16)5-15-7-4-9-8(17-1-2-18-9)3-6(7)14-11(15)13/h3-4H,1-2,5H2,(H2,12,16)(H2,13,14). The van der Waals surface area contributed by atoms with E-state index in [1.165, 1.54) is 0 Å². The van der Waals surface area contributed by atoms with Crippen molar-refractivity contribution in [1.82, 2.24) is 9.55 Å². The molecule has 1 aromatic heterocycles. The number of hydrogen-bond donors (Lipinski definition) is 2. The van der Waals surface area contributed by atoms with E-state index in [-0.39, 0.29) is 12.5 Å². The molecule has 7 heteroatoms. The summed E-state index contributed by atoms with van der Waals surface area (Å²) in [7, 11) is 0. The first kappa shape index (κ1) is 10.7. The summed E-state index contributed by atoms with van der Waals surface area (Å²) in [5.41, 5.74) is 12.3. The summed E-state index contributed by atoms with van der Waals surface area (Å²) in [5.74, 6) is 1.03. The van der Waals surface area contributed by atoms with E-state index < -0.39 is 5.91 Å². The Morgan fingerprint density at radius 3 is 2.67 bits per heavy atom. The van der Waals surface area contributed by atoms with E-state index >= 15 is 0 Å². The molecule has 1 aliphatic rings. The van der Waals surface area contributed by atoms with E-state index in [0.29, 0.717) is 35.7 Å². The molecule has 1 amide bonds. The number of imidazole rings is 1. The summed E-state index contributed by atoms with van der Waals surface area (Å²) in [6, 6.07) is 3.51. The van der Waals surface area contributed by atoms with Crippen LogP contribution in [-0.2, 0) is 11.3 Å². The van der Waals surface area contributed by atoms with Gasteiger partial charge in [-0.3, -0.25) is 4.79 Å². The van der Waals surface area contributed by atoms with Crippen molar-refractivity contribution < 1.29 is 14.3 Å². The third kappa shape index (κ3) is 1.60. The number of ether oxygens (including phenoxy) is 2. The molecule has 0 fully saturated rings. The number of benzene rings is 1. The van der Waals surface area contributed by atoms with Gasteiger partial charge < -0.3 is 25.5 Å². The van der Waals surface area contributed by atoms with Crippen LogP contribution in [0.25, 0.3) is 11.0 Å². The topological polar surface area (TPSA) is 105 Å². The van der Waals surface area contributed by atoms with Crippen molar-refractivity contribution in [2.24, 2.45) is 5.73 Å². The third-order valence-electron chi connectivity index (χ3n) is 2.76. The second kappa shape index (κ2) is 3.80. The van der Waals surface area contributed by atoms with Crippen LogP contribution in [0.15, 0.2) is 12.1 Å². The lowest BCUT2D eigenvalue weighted by Gasteiger charge is -2.18. The maximum absolute atomic E-state index is 11.0. The van der Waals surface area contributed by atoms with Gasteiger partial charge in [0.05, 0.1) is 11.0 Å². The highest BCUT2D eigenvalue weighted by Gasteiger charge is 2.17. The van der Waals surface area contributed by atoms with E-state index in [1.54, 1.807) is 16.7 Å². The number of nitrogens with zero attached hydrogens (tertiary/aromatic N) is 2. The fraction of sp³-hybridized carbons (Fsp3) is 0.273. The summed E-state index contributed by atoms with van der Waals surface area (Å²) in [6.45, 7) is 0.996. The van der Waals surface area contributed by atoms with Crippen molar-refractivity contribution in [2.75, 3.05) is 18.9 Å². The van der Waals surface area contributed by atoms with Gasteiger partial charge >= 0.3 is 0 Å². The van der Waals surface area contributed by atoms with Gasteiger partial charge in [-0.2, -0.15) is 0 Å². The Morgan fingerprint density at radius 1 is 1.33 bits per heavy atom. The lowest BCUT2D eigenvalue weighted by Crippen LogP contribution is -2.20. The first-order valence-electron chi connectivity index (χ1n) is 5.49. The Labute approximate surface area is 102 Å². The summed E-state index contributed by atoms with van der Waals surface area (Å²) < 4.78 is 12.5. The molecule has 2 heterocycles. The number of nitrogen functional groups attached to an aromatic ring is 1. The molecular formula is C11H12N4O3. The van der Waals surface area contributed by atoms with Crippen LogP contribution in [0, 0.1) is 0 Å². The van der Waals surface area contributed by atoms with Crippen LogP contribution >= 0.6 is 0 Å². The summed E-state index contributed by atoms with van der Waals surface area (Å²) in [6.07, 6.45) is 0. The average Bonchev–Trinajstić information content (AvgIpc) is 2.62. The Kier molecular flexibility index (Phi) is 2.26. The minimum atomic E-state index is -0.476. The molecule has 0 aliphatic carbocycles. The third-order valence-corrected chi connectivity index (χ3v) is 2.76. The first-order chi connectivity index (χ1) is 8.65. The molecule has 0 saturated heterocycles. The number of amides is 1. The maximum Gasteiger partial charge on any atom is 0.237 e. The second-order valence-electron chi connectivity index (χ2n) is 4.01. The Hall–Kier alpha value is -2.44. The minimum Gasteiger partial charge on any atom is -0.486 e. The van der Waals surface area contributed by atoms with E-state index in [9.17, 15) is 4.79 Å². The molecule has 1 aromatic carbocycles. The number of rotatable bonds is 2. The van der Waals surface area contributed by atoms with Crippen molar-refractivity contribution >= 4 is 22.9 Å². The van der Waals surface area contributed by atoms with Gasteiger partial charge in [-0.15, -0.1) is 0 Å². The predicted octanol–water partition coefficient (Wildman–Crippen LogP) is -0.125. The zero-order valence-electron chi connectivity index (χ0n) is 9.55. The Morgan fingerprint density at radius 2 is 2.00 bits per heavy atom. The number of aromatic nitrogens is 2. The van der Waals surface area contributed by atoms with E-state index in [4.69, 9.17) is 20.9 Å². The van der Waals surface area contributed by atoms with Crippen LogP contribution in [-0.4, -0.2) is 28.7 Å². The number of primary amides is 1. The molecule has 2 aromatic rings. The van der Waals surface area contributed by atoms with Crippen LogP contribution in [0.4, 0.5) is 5.95 Å². The quantitative estimate of drug-likeness (QED) is 0.770. The SMILES string of the molecule is NC(=O)Cn1c(N)nc2cc3c(cc21)OCCO3. The van der Waals surface area contributed by atoms with Gasteiger partial charge in [0.25, 0.3) is 0 Å². The number of hydrogen-bond acceptors (Lipinski definition) is 5. The average molecular weight is 248 g/mol. The van der Waals surface area contributed by atoms with Crippen molar-refractivity contribution in [3.63, 3.8) is 0 Å². The molecule has 0 bridgehead atoms. The molecule has 0 saturated carbocycles. The van der Waals surface area contributed by atoms with Gasteiger partial charge in [0.2, 0.25) is 11.9 Å². The minimum absolute atomic E-state index is 0.0119. The number of fused-ring (bicyclic) bond motifs is 2. The van der Waals surface area contributed by atoms with Crippen LogP contribution in [0.2, 0.25) is 0 Å². The van der Waals surface area contributed by atoms with Crippen molar-refractivity contribution in [3.05, 3.63) is 12.1 Å². The van der Waals surface area contributed by atoms with Gasteiger partial charge in [0.1, 0.15) is 19.8 Å². The zero-order chi connectivity index (χ0) is 12.7. The number of carbonyl (C=O) groups is 1. The van der Waals surface area contributed by atoms with Gasteiger partial charge in [0.15, 0.2) is 11.5 Å². The molecule has 4 N–H and O–H groups in total. The molecule has 7 nitrogen and oxygen atoms in total.